The smallest absolute Gasteiger partial charge is 0.275 e. The zero-order valence-corrected chi connectivity index (χ0v) is 12.5. The minimum absolute atomic E-state index is 0.0348. The van der Waals surface area contributed by atoms with Gasteiger partial charge in [-0.05, 0) is 46.3 Å². The molecule has 0 bridgehead atoms. The van der Waals surface area contributed by atoms with Gasteiger partial charge in [-0.1, -0.05) is 12.2 Å². The summed E-state index contributed by atoms with van der Waals surface area (Å²) in [6.07, 6.45) is 1.48. The second-order valence-electron chi connectivity index (χ2n) is 3.85. The minimum atomic E-state index is -0.615. The molecule has 0 fully saturated rings. The molecule has 3 N–H and O–H groups in total. The number of thiocarbonyl (C=S) groups is 1. The first-order valence-electron chi connectivity index (χ1n) is 5.50. The molecule has 1 amide bonds. The highest BCUT2D eigenvalue weighted by Gasteiger charge is 2.14. The Hall–Kier alpha value is -1.86. The number of halogens is 2. The molecule has 0 atom stereocenters. The molecule has 1 heterocycles. The lowest BCUT2D eigenvalue weighted by Crippen LogP contribution is -2.16. The van der Waals surface area contributed by atoms with Gasteiger partial charge in [0.2, 0.25) is 0 Å². The number of hydrogen-bond donors (Lipinski definition) is 2. The van der Waals surface area contributed by atoms with Crippen molar-refractivity contribution in [1.29, 1.82) is 0 Å². The van der Waals surface area contributed by atoms with Crippen LogP contribution in [0.5, 0.6) is 0 Å². The van der Waals surface area contributed by atoms with Gasteiger partial charge >= 0.3 is 0 Å². The summed E-state index contributed by atoms with van der Waals surface area (Å²) in [5.74, 6) is -1.13. The number of carbonyl (C=O) groups is 1. The van der Waals surface area contributed by atoms with E-state index in [4.69, 9.17) is 18.0 Å². The third-order valence-electron chi connectivity index (χ3n) is 2.48. The molecular formula is C13H9BrFN3OS. The maximum Gasteiger partial charge on any atom is 0.275 e. The number of benzene rings is 1. The molecule has 102 valence electrons. The topological polar surface area (TPSA) is 68.0 Å². The molecule has 20 heavy (non-hydrogen) atoms. The Bertz CT molecular complexity index is 693. The molecule has 0 saturated carbocycles. The van der Waals surface area contributed by atoms with Crippen LogP contribution in [0, 0.1) is 5.82 Å². The average molecular weight is 354 g/mol. The molecule has 7 heteroatoms. The van der Waals surface area contributed by atoms with Crippen LogP contribution in [0.25, 0.3) is 0 Å². The van der Waals surface area contributed by atoms with Gasteiger partial charge < -0.3 is 11.1 Å². The molecular weight excluding hydrogens is 345 g/mol. The summed E-state index contributed by atoms with van der Waals surface area (Å²) in [6, 6.07) is 7.46. The van der Waals surface area contributed by atoms with Gasteiger partial charge in [-0.3, -0.25) is 4.79 Å². The first-order valence-corrected chi connectivity index (χ1v) is 6.70. The van der Waals surface area contributed by atoms with Crippen molar-refractivity contribution in [2.75, 3.05) is 5.32 Å². The van der Waals surface area contributed by atoms with Gasteiger partial charge in [0.05, 0.1) is 5.69 Å². The van der Waals surface area contributed by atoms with Crippen molar-refractivity contribution in [3.8, 4) is 0 Å². The van der Waals surface area contributed by atoms with E-state index in [-0.39, 0.29) is 16.4 Å². The largest absolute Gasteiger partial charge is 0.389 e. The van der Waals surface area contributed by atoms with Gasteiger partial charge in [0, 0.05) is 16.2 Å². The lowest BCUT2D eigenvalue weighted by atomic mass is 10.2. The summed E-state index contributed by atoms with van der Waals surface area (Å²) >= 11 is 7.96. The minimum Gasteiger partial charge on any atom is -0.389 e. The van der Waals surface area contributed by atoms with E-state index in [9.17, 15) is 9.18 Å². The number of hydrogen-bond acceptors (Lipinski definition) is 3. The van der Waals surface area contributed by atoms with Crippen LogP contribution in [0.3, 0.4) is 0 Å². The maximum atomic E-state index is 13.8. The van der Waals surface area contributed by atoms with Crippen molar-refractivity contribution < 1.29 is 9.18 Å². The summed E-state index contributed by atoms with van der Waals surface area (Å²) in [5, 5.41) is 2.44. The van der Waals surface area contributed by atoms with E-state index in [1.54, 1.807) is 12.1 Å². The SMILES string of the molecule is NC(=S)c1ccc(NC(=O)c2ncccc2Br)c(F)c1. The Morgan fingerprint density at radius 3 is 2.75 bits per heavy atom. The van der Waals surface area contributed by atoms with Gasteiger partial charge in [-0.15, -0.1) is 0 Å². The van der Waals surface area contributed by atoms with Crippen LogP contribution < -0.4 is 11.1 Å². The zero-order valence-electron chi connectivity index (χ0n) is 10.1. The molecule has 0 spiro atoms. The lowest BCUT2D eigenvalue weighted by Gasteiger charge is -2.08. The number of carbonyl (C=O) groups excluding carboxylic acids is 1. The molecule has 2 rings (SSSR count). The Balaban J connectivity index is 2.25. The van der Waals surface area contributed by atoms with Crippen molar-refractivity contribution >= 4 is 44.7 Å². The Labute approximate surface area is 128 Å². The summed E-state index contributed by atoms with van der Waals surface area (Å²) in [7, 11) is 0. The van der Waals surface area contributed by atoms with Crippen LogP contribution in [0.2, 0.25) is 0 Å². The Morgan fingerprint density at radius 2 is 2.15 bits per heavy atom. The second kappa shape index (κ2) is 6.06. The first-order chi connectivity index (χ1) is 9.49. The number of aromatic nitrogens is 1. The van der Waals surface area contributed by atoms with Crippen molar-refractivity contribution in [3.63, 3.8) is 0 Å². The third-order valence-corrected chi connectivity index (χ3v) is 3.35. The number of nitrogens with one attached hydrogen (secondary N) is 1. The van der Waals surface area contributed by atoms with E-state index < -0.39 is 11.7 Å². The fraction of sp³-hybridized carbons (Fsp3) is 0. The molecule has 0 aliphatic heterocycles. The standard InChI is InChI=1S/C13H9BrFN3OS/c14-8-2-1-5-17-11(8)13(19)18-10-4-3-7(12(16)20)6-9(10)15/h1-6H,(H2,16,20)(H,18,19). The third kappa shape index (κ3) is 3.17. The van der Waals surface area contributed by atoms with Crippen molar-refractivity contribution in [2.24, 2.45) is 5.73 Å². The lowest BCUT2D eigenvalue weighted by molar-refractivity contribution is 0.102. The van der Waals surface area contributed by atoms with Crippen LogP contribution >= 0.6 is 28.1 Å². The van der Waals surface area contributed by atoms with Gasteiger partial charge in [0.15, 0.2) is 0 Å². The first kappa shape index (κ1) is 14.5. The Kier molecular flexibility index (Phi) is 4.41. The van der Waals surface area contributed by atoms with E-state index in [0.717, 1.165) is 0 Å². The number of pyridine rings is 1. The molecule has 0 unspecified atom stereocenters. The van der Waals surface area contributed by atoms with E-state index in [0.29, 0.717) is 10.0 Å². The number of rotatable bonds is 3. The highest BCUT2D eigenvalue weighted by atomic mass is 79.9. The number of nitrogens with two attached hydrogens (primary N) is 1. The van der Waals surface area contributed by atoms with Gasteiger partial charge in [0.1, 0.15) is 16.5 Å². The monoisotopic (exact) mass is 353 g/mol. The predicted octanol–water partition coefficient (Wildman–Crippen LogP) is 2.87. The zero-order chi connectivity index (χ0) is 14.7. The van der Waals surface area contributed by atoms with Crippen molar-refractivity contribution in [1.82, 2.24) is 4.98 Å². The average Bonchev–Trinajstić information content (AvgIpc) is 2.41. The predicted molar refractivity (Wildman–Crippen MR) is 82.2 cm³/mol. The van der Waals surface area contributed by atoms with Crippen molar-refractivity contribution in [2.45, 2.75) is 0 Å². The van der Waals surface area contributed by atoms with Crippen LogP contribution in [0.1, 0.15) is 16.1 Å². The molecule has 4 nitrogen and oxygen atoms in total. The fourth-order valence-electron chi connectivity index (χ4n) is 1.50. The summed E-state index contributed by atoms with van der Waals surface area (Å²) in [6.45, 7) is 0. The highest BCUT2D eigenvalue weighted by molar-refractivity contribution is 9.10. The quantitative estimate of drug-likeness (QED) is 0.832. The van der Waals surface area contributed by atoms with E-state index in [1.165, 1.54) is 24.4 Å². The summed E-state index contributed by atoms with van der Waals surface area (Å²) < 4.78 is 14.4. The molecule has 0 radical (unpaired) electrons. The molecule has 0 aliphatic rings. The number of amides is 1. The highest BCUT2D eigenvalue weighted by Crippen LogP contribution is 2.19. The number of anilines is 1. The summed E-state index contributed by atoms with van der Waals surface area (Å²) in [4.78, 5) is 16.0. The van der Waals surface area contributed by atoms with Crippen LogP contribution in [-0.4, -0.2) is 15.9 Å². The van der Waals surface area contributed by atoms with Gasteiger partial charge in [-0.25, -0.2) is 9.37 Å². The normalized spacial score (nSPS) is 10.1. The van der Waals surface area contributed by atoms with Crippen LogP contribution in [0.4, 0.5) is 10.1 Å². The van der Waals surface area contributed by atoms with Gasteiger partial charge in [-0.2, -0.15) is 0 Å². The molecule has 0 aliphatic carbocycles. The second-order valence-corrected chi connectivity index (χ2v) is 5.14. The van der Waals surface area contributed by atoms with Gasteiger partial charge in [0.25, 0.3) is 5.91 Å². The van der Waals surface area contributed by atoms with Crippen molar-refractivity contribution in [3.05, 3.63) is 58.1 Å². The summed E-state index contributed by atoms with van der Waals surface area (Å²) in [5.41, 5.74) is 6.01. The van der Waals surface area contributed by atoms with Crippen LogP contribution in [-0.2, 0) is 0 Å². The molecule has 2 aromatic rings. The maximum absolute atomic E-state index is 13.8. The van der Waals surface area contributed by atoms with E-state index >= 15 is 0 Å². The molecule has 1 aromatic heterocycles. The molecule has 0 saturated heterocycles. The van der Waals surface area contributed by atoms with E-state index in [1.807, 2.05) is 0 Å². The van der Waals surface area contributed by atoms with E-state index in [2.05, 4.69) is 26.2 Å². The molecule has 1 aromatic carbocycles. The number of nitrogens with zero attached hydrogens (tertiary/aromatic N) is 1. The fourth-order valence-corrected chi connectivity index (χ4v) is 2.07. The van der Waals surface area contributed by atoms with Crippen LogP contribution in [0.15, 0.2) is 41.0 Å². The Morgan fingerprint density at radius 1 is 1.40 bits per heavy atom.